The highest BCUT2D eigenvalue weighted by atomic mass is 14.6. The zero-order chi connectivity index (χ0) is 9.80. The normalized spacial score (nSPS) is 10.5. The number of hydrogen-bond donors (Lipinski definition) is 0. The molecule has 0 aliphatic heterocycles. The Morgan fingerprint density at radius 3 is 3.00 bits per heavy atom. The van der Waals surface area contributed by atoms with Crippen LogP contribution in [0.15, 0.2) is 42.6 Å². The fourth-order valence-electron chi connectivity index (χ4n) is 1.31. The topological polar surface area (TPSA) is 36.7 Å². The first-order valence-corrected chi connectivity index (χ1v) is 4.31. The maximum Gasteiger partial charge on any atom is 0.0912 e. The van der Waals surface area contributed by atoms with Crippen molar-refractivity contribution in [3.05, 3.63) is 48.2 Å². The maximum atomic E-state index is 8.38. The second-order valence-corrected chi connectivity index (χ2v) is 2.92. The predicted molar refractivity (Wildman–Crippen MR) is 56.4 cm³/mol. The zero-order valence-electron chi connectivity index (χ0n) is 7.51. The Balaban J connectivity index is 2.52. The first kappa shape index (κ1) is 8.46. The zero-order valence-corrected chi connectivity index (χ0v) is 7.51. The minimum absolute atomic E-state index is 0.949. The number of nitriles is 1. The minimum Gasteiger partial charge on any atom is -0.256 e. The number of para-hydroxylation sites is 1. The van der Waals surface area contributed by atoms with Gasteiger partial charge in [0.05, 0.1) is 11.6 Å². The molecule has 0 saturated heterocycles. The van der Waals surface area contributed by atoms with Crippen LogP contribution in [0.5, 0.6) is 0 Å². The van der Waals surface area contributed by atoms with E-state index in [1.54, 1.807) is 12.3 Å². The third kappa shape index (κ3) is 1.62. The summed E-state index contributed by atoms with van der Waals surface area (Å²) in [4.78, 5) is 4.27. The van der Waals surface area contributed by atoms with Crippen molar-refractivity contribution in [1.82, 2.24) is 4.98 Å². The lowest BCUT2D eigenvalue weighted by Crippen LogP contribution is -1.79. The number of nitrogens with zero attached hydrogens (tertiary/aromatic N) is 2. The number of benzene rings is 1. The van der Waals surface area contributed by atoms with Crippen LogP contribution in [0.1, 0.15) is 5.56 Å². The summed E-state index contributed by atoms with van der Waals surface area (Å²) >= 11 is 0. The number of fused-ring (bicyclic) bond motifs is 1. The molecular weight excluding hydrogens is 172 g/mol. The van der Waals surface area contributed by atoms with Crippen LogP contribution in [0.4, 0.5) is 0 Å². The third-order valence-electron chi connectivity index (χ3n) is 1.96. The second-order valence-electron chi connectivity index (χ2n) is 2.92. The van der Waals surface area contributed by atoms with Crippen LogP contribution in [0.2, 0.25) is 0 Å². The van der Waals surface area contributed by atoms with E-state index in [2.05, 4.69) is 4.98 Å². The standard InChI is InChI=1S/C12H8N2/c13-7-3-4-10-8-11-5-1-2-6-12(11)14-9-10/h1-6,8-9H/b4-3+. The predicted octanol–water partition coefficient (Wildman–Crippen LogP) is 2.77. The lowest BCUT2D eigenvalue weighted by Gasteiger charge is -1.97. The van der Waals surface area contributed by atoms with Crippen molar-refractivity contribution in [2.75, 3.05) is 0 Å². The molecule has 2 aromatic rings. The molecule has 1 aromatic heterocycles. The molecule has 0 atom stereocenters. The minimum atomic E-state index is 0.949. The average Bonchev–Trinajstić information content (AvgIpc) is 2.26. The van der Waals surface area contributed by atoms with E-state index in [0.717, 1.165) is 16.5 Å². The Morgan fingerprint density at radius 2 is 2.14 bits per heavy atom. The summed E-state index contributed by atoms with van der Waals surface area (Å²) in [5.41, 5.74) is 1.92. The Hall–Kier alpha value is -2.14. The highest BCUT2D eigenvalue weighted by Gasteiger charge is 1.93. The van der Waals surface area contributed by atoms with Gasteiger partial charge in [-0.15, -0.1) is 0 Å². The van der Waals surface area contributed by atoms with Crippen LogP contribution in [0.3, 0.4) is 0 Å². The molecule has 0 aliphatic carbocycles. The molecule has 14 heavy (non-hydrogen) atoms. The molecule has 0 bridgehead atoms. The van der Waals surface area contributed by atoms with Gasteiger partial charge in [0.2, 0.25) is 0 Å². The van der Waals surface area contributed by atoms with Crippen LogP contribution in [-0.4, -0.2) is 4.98 Å². The number of rotatable bonds is 1. The first-order chi connectivity index (χ1) is 6.90. The van der Waals surface area contributed by atoms with E-state index >= 15 is 0 Å². The van der Waals surface area contributed by atoms with Crippen molar-refractivity contribution in [2.45, 2.75) is 0 Å². The first-order valence-electron chi connectivity index (χ1n) is 4.31. The van der Waals surface area contributed by atoms with E-state index in [9.17, 15) is 0 Å². The van der Waals surface area contributed by atoms with Gasteiger partial charge in [-0.1, -0.05) is 18.2 Å². The van der Waals surface area contributed by atoms with Crippen LogP contribution in [0, 0.1) is 11.3 Å². The number of allylic oxidation sites excluding steroid dienone is 1. The van der Waals surface area contributed by atoms with Crippen LogP contribution in [0.25, 0.3) is 17.0 Å². The highest BCUT2D eigenvalue weighted by molar-refractivity contribution is 5.80. The van der Waals surface area contributed by atoms with Gasteiger partial charge >= 0.3 is 0 Å². The fourth-order valence-corrected chi connectivity index (χ4v) is 1.31. The average molecular weight is 180 g/mol. The van der Waals surface area contributed by atoms with Gasteiger partial charge in [-0.3, -0.25) is 4.98 Å². The van der Waals surface area contributed by atoms with E-state index in [-0.39, 0.29) is 0 Å². The largest absolute Gasteiger partial charge is 0.256 e. The molecule has 2 rings (SSSR count). The molecule has 0 saturated carbocycles. The molecule has 66 valence electrons. The molecular formula is C12H8N2. The molecule has 0 amide bonds. The third-order valence-corrected chi connectivity index (χ3v) is 1.96. The van der Waals surface area contributed by atoms with Crippen molar-refractivity contribution in [1.29, 1.82) is 5.26 Å². The lowest BCUT2D eigenvalue weighted by molar-refractivity contribution is 1.40. The van der Waals surface area contributed by atoms with E-state index in [1.165, 1.54) is 6.08 Å². The molecule has 0 radical (unpaired) electrons. The SMILES string of the molecule is N#C/C=C/c1cnc2ccccc2c1. The van der Waals surface area contributed by atoms with E-state index in [1.807, 2.05) is 36.4 Å². The van der Waals surface area contributed by atoms with Gasteiger partial charge in [0, 0.05) is 17.7 Å². The van der Waals surface area contributed by atoms with Crippen LogP contribution < -0.4 is 0 Å². The summed E-state index contributed by atoms with van der Waals surface area (Å²) in [7, 11) is 0. The fraction of sp³-hybridized carbons (Fsp3) is 0. The molecule has 0 N–H and O–H groups in total. The van der Waals surface area contributed by atoms with Gasteiger partial charge in [0.1, 0.15) is 0 Å². The Bertz CT molecular complexity index is 521. The molecule has 1 aromatic carbocycles. The summed E-state index contributed by atoms with van der Waals surface area (Å²) in [6.07, 6.45) is 4.96. The Kier molecular flexibility index (Phi) is 2.24. The second kappa shape index (κ2) is 3.71. The molecule has 0 spiro atoms. The molecule has 0 unspecified atom stereocenters. The molecule has 1 heterocycles. The summed E-state index contributed by atoms with van der Waals surface area (Å²) in [5, 5.41) is 9.47. The Morgan fingerprint density at radius 1 is 1.29 bits per heavy atom. The van der Waals surface area contributed by atoms with Crippen molar-refractivity contribution in [2.24, 2.45) is 0 Å². The van der Waals surface area contributed by atoms with E-state index in [4.69, 9.17) is 5.26 Å². The highest BCUT2D eigenvalue weighted by Crippen LogP contribution is 2.13. The quantitative estimate of drug-likeness (QED) is 0.633. The maximum absolute atomic E-state index is 8.38. The molecule has 2 heteroatoms. The van der Waals surface area contributed by atoms with Gasteiger partial charge in [-0.2, -0.15) is 5.26 Å². The van der Waals surface area contributed by atoms with E-state index in [0.29, 0.717) is 0 Å². The van der Waals surface area contributed by atoms with Gasteiger partial charge in [0.15, 0.2) is 0 Å². The monoisotopic (exact) mass is 180 g/mol. The van der Waals surface area contributed by atoms with Crippen LogP contribution >= 0.6 is 0 Å². The number of hydrogen-bond acceptors (Lipinski definition) is 2. The van der Waals surface area contributed by atoms with Crippen molar-refractivity contribution in [3.8, 4) is 6.07 Å². The van der Waals surface area contributed by atoms with Crippen molar-refractivity contribution < 1.29 is 0 Å². The van der Waals surface area contributed by atoms with Gasteiger partial charge in [0.25, 0.3) is 0 Å². The smallest absolute Gasteiger partial charge is 0.0912 e. The number of aromatic nitrogens is 1. The lowest BCUT2D eigenvalue weighted by atomic mass is 10.1. The molecule has 0 fully saturated rings. The van der Waals surface area contributed by atoms with Gasteiger partial charge in [-0.05, 0) is 23.8 Å². The van der Waals surface area contributed by atoms with Gasteiger partial charge < -0.3 is 0 Å². The van der Waals surface area contributed by atoms with Crippen molar-refractivity contribution in [3.63, 3.8) is 0 Å². The van der Waals surface area contributed by atoms with Crippen LogP contribution in [-0.2, 0) is 0 Å². The van der Waals surface area contributed by atoms with E-state index < -0.39 is 0 Å². The number of pyridine rings is 1. The summed E-state index contributed by atoms with van der Waals surface area (Å²) in [6.45, 7) is 0. The summed E-state index contributed by atoms with van der Waals surface area (Å²) in [6, 6.07) is 11.9. The van der Waals surface area contributed by atoms with Gasteiger partial charge in [-0.25, -0.2) is 0 Å². The summed E-state index contributed by atoms with van der Waals surface area (Å²) < 4.78 is 0. The summed E-state index contributed by atoms with van der Waals surface area (Å²) in [5.74, 6) is 0. The molecule has 2 nitrogen and oxygen atoms in total. The Labute approximate surface area is 82.1 Å². The molecule has 0 aliphatic rings. The van der Waals surface area contributed by atoms with Crippen molar-refractivity contribution >= 4 is 17.0 Å².